The average Bonchev–Trinajstić information content (AvgIpc) is 2.74. The van der Waals surface area contributed by atoms with Gasteiger partial charge in [0.05, 0.1) is 0 Å². The summed E-state index contributed by atoms with van der Waals surface area (Å²) in [6.45, 7) is 9.83. The fourth-order valence-electron chi connectivity index (χ4n) is 2.09. The van der Waals surface area contributed by atoms with E-state index >= 15 is 0 Å². The van der Waals surface area contributed by atoms with Gasteiger partial charge in [0, 0.05) is 25.5 Å². The second kappa shape index (κ2) is 8.29. The van der Waals surface area contributed by atoms with Crippen molar-refractivity contribution in [3.05, 3.63) is 18.2 Å². The van der Waals surface area contributed by atoms with E-state index in [1.807, 2.05) is 12.4 Å². The number of imidazole rings is 1. The Morgan fingerprint density at radius 1 is 1.41 bits per heavy atom. The molecule has 0 saturated heterocycles. The van der Waals surface area contributed by atoms with Gasteiger partial charge in [-0.15, -0.1) is 0 Å². The molecule has 1 aromatic heterocycles. The second-order valence-corrected chi connectivity index (χ2v) is 4.79. The Bertz CT molecular complexity index is 293. The van der Waals surface area contributed by atoms with Crippen LogP contribution in [-0.2, 0) is 6.54 Å². The Hall–Kier alpha value is -0.830. The minimum absolute atomic E-state index is 0.846. The van der Waals surface area contributed by atoms with Gasteiger partial charge in [-0.3, -0.25) is 0 Å². The smallest absolute Gasteiger partial charge is 0.105 e. The van der Waals surface area contributed by atoms with Crippen LogP contribution in [0.3, 0.4) is 0 Å². The summed E-state index contributed by atoms with van der Waals surface area (Å²) in [5.74, 6) is 1.95. The first-order valence-electron chi connectivity index (χ1n) is 6.96. The van der Waals surface area contributed by atoms with Crippen LogP contribution in [0.5, 0.6) is 0 Å². The van der Waals surface area contributed by atoms with Crippen LogP contribution in [0.1, 0.15) is 45.4 Å². The third-order valence-electron chi connectivity index (χ3n) is 3.43. The van der Waals surface area contributed by atoms with Crippen molar-refractivity contribution in [2.24, 2.45) is 5.92 Å². The molecular weight excluding hydrogens is 210 g/mol. The summed E-state index contributed by atoms with van der Waals surface area (Å²) in [7, 11) is 0. The molecule has 1 N–H and O–H groups in total. The molecule has 3 heteroatoms. The van der Waals surface area contributed by atoms with Gasteiger partial charge in [0.1, 0.15) is 5.82 Å². The van der Waals surface area contributed by atoms with Crippen molar-refractivity contribution < 1.29 is 0 Å². The third kappa shape index (κ3) is 5.35. The summed E-state index contributed by atoms with van der Waals surface area (Å²) in [5.41, 5.74) is 0. The van der Waals surface area contributed by atoms with E-state index in [1.54, 1.807) is 0 Å². The fraction of sp³-hybridized carbons (Fsp3) is 0.786. The highest BCUT2D eigenvalue weighted by Gasteiger charge is 2.04. The molecule has 0 radical (unpaired) electrons. The highest BCUT2D eigenvalue weighted by atomic mass is 15.1. The summed E-state index contributed by atoms with van der Waals surface area (Å²) < 4.78 is 2.19. The quantitative estimate of drug-likeness (QED) is 0.669. The zero-order valence-corrected chi connectivity index (χ0v) is 11.6. The molecule has 0 aromatic carbocycles. The molecule has 1 rings (SSSR count). The monoisotopic (exact) mass is 237 g/mol. The minimum atomic E-state index is 0.846. The lowest BCUT2D eigenvalue weighted by Gasteiger charge is -2.15. The molecular formula is C14H27N3. The zero-order valence-electron chi connectivity index (χ0n) is 11.6. The molecule has 17 heavy (non-hydrogen) atoms. The second-order valence-electron chi connectivity index (χ2n) is 4.79. The summed E-state index contributed by atoms with van der Waals surface area (Å²) in [6, 6.07) is 0. The minimum Gasteiger partial charge on any atom is -0.334 e. The van der Waals surface area contributed by atoms with Crippen molar-refractivity contribution in [1.82, 2.24) is 14.9 Å². The molecule has 0 aliphatic heterocycles. The highest BCUT2D eigenvalue weighted by molar-refractivity contribution is 4.88. The van der Waals surface area contributed by atoms with Crippen LogP contribution in [-0.4, -0.2) is 22.6 Å². The first kappa shape index (κ1) is 14.2. The molecule has 1 heterocycles. The molecule has 0 amide bonds. The van der Waals surface area contributed by atoms with Crippen LogP contribution in [0.15, 0.2) is 12.4 Å². The van der Waals surface area contributed by atoms with Gasteiger partial charge >= 0.3 is 0 Å². The van der Waals surface area contributed by atoms with Crippen LogP contribution in [0.2, 0.25) is 0 Å². The van der Waals surface area contributed by atoms with E-state index in [0.29, 0.717) is 0 Å². The number of rotatable bonds is 9. The Balaban J connectivity index is 2.12. The number of nitrogens with zero attached hydrogens (tertiary/aromatic N) is 2. The molecule has 0 spiro atoms. The van der Waals surface area contributed by atoms with E-state index in [2.05, 4.69) is 35.6 Å². The summed E-state index contributed by atoms with van der Waals surface area (Å²) in [5, 5.41) is 3.56. The number of hydrogen-bond donors (Lipinski definition) is 1. The summed E-state index contributed by atoms with van der Waals surface area (Å²) in [4.78, 5) is 4.22. The first-order chi connectivity index (χ1) is 8.27. The topological polar surface area (TPSA) is 29.9 Å². The SMILES string of the molecule is CCCCC(CC)CNCCn1ccnc1C. The van der Waals surface area contributed by atoms with E-state index in [-0.39, 0.29) is 0 Å². The van der Waals surface area contributed by atoms with Crippen LogP contribution in [0, 0.1) is 12.8 Å². The molecule has 0 aliphatic rings. The predicted molar refractivity (Wildman–Crippen MR) is 73.1 cm³/mol. The fourth-order valence-corrected chi connectivity index (χ4v) is 2.09. The number of hydrogen-bond acceptors (Lipinski definition) is 2. The largest absolute Gasteiger partial charge is 0.334 e. The lowest BCUT2D eigenvalue weighted by Crippen LogP contribution is -2.26. The summed E-state index contributed by atoms with van der Waals surface area (Å²) in [6.07, 6.45) is 9.24. The van der Waals surface area contributed by atoms with Gasteiger partial charge in [0.15, 0.2) is 0 Å². The first-order valence-corrected chi connectivity index (χ1v) is 6.96. The normalized spacial score (nSPS) is 12.9. The van der Waals surface area contributed by atoms with Crippen LogP contribution >= 0.6 is 0 Å². The van der Waals surface area contributed by atoms with Gasteiger partial charge in [-0.2, -0.15) is 0 Å². The maximum atomic E-state index is 4.22. The molecule has 3 nitrogen and oxygen atoms in total. The molecule has 0 bridgehead atoms. The Labute approximate surface area is 106 Å². The molecule has 1 aromatic rings. The standard InChI is InChI=1S/C14H27N3/c1-4-6-7-14(5-2)12-15-8-10-17-11-9-16-13(17)3/h9,11,14-15H,4-8,10,12H2,1-3H3. The zero-order chi connectivity index (χ0) is 12.5. The predicted octanol–water partition coefficient (Wildman–Crippen LogP) is 3.00. The molecule has 0 saturated carbocycles. The van der Waals surface area contributed by atoms with Gasteiger partial charge in [-0.1, -0.05) is 33.1 Å². The van der Waals surface area contributed by atoms with E-state index in [4.69, 9.17) is 0 Å². The average molecular weight is 237 g/mol. The van der Waals surface area contributed by atoms with Crippen molar-refractivity contribution in [1.29, 1.82) is 0 Å². The van der Waals surface area contributed by atoms with E-state index in [9.17, 15) is 0 Å². The van der Waals surface area contributed by atoms with Crippen LogP contribution < -0.4 is 5.32 Å². The van der Waals surface area contributed by atoms with Gasteiger partial charge < -0.3 is 9.88 Å². The Kier molecular flexibility index (Phi) is 6.94. The van der Waals surface area contributed by atoms with Crippen molar-refractivity contribution in [3.63, 3.8) is 0 Å². The maximum Gasteiger partial charge on any atom is 0.105 e. The number of nitrogens with one attached hydrogen (secondary N) is 1. The highest BCUT2D eigenvalue weighted by Crippen LogP contribution is 2.10. The van der Waals surface area contributed by atoms with Gasteiger partial charge in [-0.05, 0) is 25.8 Å². The third-order valence-corrected chi connectivity index (χ3v) is 3.43. The molecule has 0 fully saturated rings. The van der Waals surface area contributed by atoms with Crippen LogP contribution in [0.25, 0.3) is 0 Å². The van der Waals surface area contributed by atoms with E-state index < -0.39 is 0 Å². The van der Waals surface area contributed by atoms with Crippen molar-refractivity contribution in [3.8, 4) is 0 Å². The molecule has 1 unspecified atom stereocenters. The molecule has 98 valence electrons. The van der Waals surface area contributed by atoms with Gasteiger partial charge in [0.2, 0.25) is 0 Å². The number of aromatic nitrogens is 2. The van der Waals surface area contributed by atoms with Gasteiger partial charge in [-0.25, -0.2) is 4.98 Å². The number of unbranched alkanes of at least 4 members (excludes halogenated alkanes) is 1. The van der Waals surface area contributed by atoms with E-state index in [1.165, 1.54) is 25.7 Å². The van der Waals surface area contributed by atoms with Crippen molar-refractivity contribution >= 4 is 0 Å². The molecule has 0 aliphatic carbocycles. The maximum absolute atomic E-state index is 4.22. The molecule has 1 atom stereocenters. The lowest BCUT2D eigenvalue weighted by atomic mass is 9.99. The Morgan fingerprint density at radius 3 is 2.82 bits per heavy atom. The lowest BCUT2D eigenvalue weighted by molar-refractivity contribution is 0.414. The summed E-state index contributed by atoms with van der Waals surface area (Å²) >= 11 is 0. The van der Waals surface area contributed by atoms with Crippen LogP contribution in [0.4, 0.5) is 0 Å². The van der Waals surface area contributed by atoms with E-state index in [0.717, 1.165) is 31.4 Å². The Morgan fingerprint density at radius 2 is 2.24 bits per heavy atom. The van der Waals surface area contributed by atoms with Crippen molar-refractivity contribution in [2.45, 2.75) is 53.0 Å². The number of aryl methyl sites for hydroxylation is 1. The van der Waals surface area contributed by atoms with Gasteiger partial charge in [0.25, 0.3) is 0 Å². The van der Waals surface area contributed by atoms with Crippen molar-refractivity contribution in [2.75, 3.05) is 13.1 Å².